The number of hydrogen-bond donors (Lipinski definition) is 1. The standard InChI is InChI=1S/C24H27N3O4/c1-15(2)21-18(14-26-31-21)23(29)27-9-7-24(8-10-27)12-17(24)13-25-22(28)20-11-16-5-3-4-6-19(16)30-20/h3-6,11,14-15,17H,7-10,12-13H2,1-2H3,(H,25,28). The molecular weight excluding hydrogens is 394 g/mol. The highest BCUT2D eigenvalue weighted by Crippen LogP contribution is 2.59. The molecule has 5 rings (SSSR count). The van der Waals surface area contributed by atoms with Crippen molar-refractivity contribution in [3.8, 4) is 0 Å². The quantitative estimate of drug-likeness (QED) is 0.666. The number of carbonyl (C=O) groups is 2. The summed E-state index contributed by atoms with van der Waals surface area (Å²) in [5.74, 6) is 1.43. The molecule has 1 spiro atoms. The van der Waals surface area contributed by atoms with Gasteiger partial charge in [0.25, 0.3) is 11.8 Å². The fraction of sp³-hybridized carbons (Fsp3) is 0.458. The van der Waals surface area contributed by atoms with Crippen molar-refractivity contribution in [1.82, 2.24) is 15.4 Å². The Balaban J connectivity index is 1.14. The van der Waals surface area contributed by atoms with Crippen LogP contribution in [-0.2, 0) is 0 Å². The van der Waals surface area contributed by atoms with Crippen LogP contribution in [0, 0.1) is 11.3 Å². The van der Waals surface area contributed by atoms with Gasteiger partial charge in [0, 0.05) is 30.9 Å². The number of carbonyl (C=O) groups excluding carboxylic acids is 2. The molecule has 3 heterocycles. The number of amides is 2. The molecule has 1 saturated carbocycles. The van der Waals surface area contributed by atoms with Crippen LogP contribution >= 0.6 is 0 Å². The van der Waals surface area contributed by atoms with Crippen LogP contribution in [0.25, 0.3) is 11.0 Å². The predicted octanol–water partition coefficient (Wildman–Crippen LogP) is 4.22. The summed E-state index contributed by atoms with van der Waals surface area (Å²) in [5, 5.41) is 7.79. The highest BCUT2D eigenvalue weighted by molar-refractivity contribution is 5.96. The second-order valence-electron chi connectivity index (χ2n) is 9.17. The molecule has 0 bridgehead atoms. The number of fused-ring (bicyclic) bond motifs is 1. The van der Waals surface area contributed by atoms with E-state index in [0.29, 0.717) is 29.5 Å². The van der Waals surface area contributed by atoms with Gasteiger partial charge < -0.3 is 19.2 Å². The maximum Gasteiger partial charge on any atom is 0.287 e. The van der Waals surface area contributed by atoms with E-state index in [1.807, 2.05) is 43.0 Å². The summed E-state index contributed by atoms with van der Waals surface area (Å²) in [6, 6.07) is 9.40. The van der Waals surface area contributed by atoms with Gasteiger partial charge in [0.05, 0.1) is 6.20 Å². The molecule has 1 aliphatic heterocycles. The van der Waals surface area contributed by atoms with Crippen molar-refractivity contribution in [2.75, 3.05) is 19.6 Å². The minimum absolute atomic E-state index is 0.00943. The van der Waals surface area contributed by atoms with Crippen LogP contribution in [0.15, 0.2) is 45.5 Å². The molecule has 0 radical (unpaired) electrons. The Bertz CT molecular complexity index is 1090. The zero-order valence-corrected chi connectivity index (χ0v) is 17.9. The molecule has 3 aromatic rings. The van der Waals surface area contributed by atoms with Crippen LogP contribution < -0.4 is 5.32 Å². The average molecular weight is 421 g/mol. The van der Waals surface area contributed by atoms with Crippen molar-refractivity contribution in [3.05, 3.63) is 53.6 Å². The Morgan fingerprint density at radius 3 is 2.77 bits per heavy atom. The smallest absolute Gasteiger partial charge is 0.287 e. The van der Waals surface area contributed by atoms with Crippen molar-refractivity contribution >= 4 is 22.8 Å². The van der Waals surface area contributed by atoms with Crippen molar-refractivity contribution in [1.29, 1.82) is 0 Å². The third-order valence-electron chi connectivity index (χ3n) is 6.92. The molecule has 1 aliphatic carbocycles. The third-order valence-corrected chi connectivity index (χ3v) is 6.92. The lowest BCUT2D eigenvalue weighted by Gasteiger charge is -2.33. The second kappa shape index (κ2) is 7.55. The van der Waals surface area contributed by atoms with Gasteiger partial charge in [0.1, 0.15) is 11.1 Å². The Morgan fingerprint density at radius 2 is 2.03 bits per heavy atom. The van der Waals surface area contributed by atoms with Crippen molar-refractivity contribution in [2.45, 2.75) is 39.0 Å². The molecule has 2 aromatic heterocycles. The van der Waals surface area contributed by atoms with E-state index < -0.39 is 0 Å². The van der Waals surface area contributed by atoms with Gasteiger partial charge in [0.15, 0.2) is 11.5 Å². The fourth-order valence-electron chi connectivity index (χ4n) is 4.88. The van der Waals surface area contributed by atoms with Crippen LogP contribution in [0.2, 0.25) is 0 Å². The molecule has 1 saturated heterocycles. The zero-order valence-electron chi connectivity index (χ0n) is 17.9. The largest absolute Gasteiger partial charge is 0.451 e. The van der Waals surface area contributed by atoms with Crippen LogP contribution in [-0.4, -0.2) is 41.5 Å². The summed E-state index contributed by atoms with van der Waals surface area (Å²) in [4.78, 5) is 27.3. The van der Waals surface area contributed by atoms with E-state index in [1.54, 1.807) is 6.07 Å². The minimum Gasteiger partial charge on any atom is -0.451 e. The molecular formula is C24H27N3O4. The Kier molecular flexibility index (Phi) is 4.84. The van der Waals surface area contributed by atoms with E-state index in [0.717, 1.165) is 43.3 Å². The molecule has 2 amide bonds. The van der Waals surface area contributed by atoms with Crippen molar-refractivity contribution < 1.29 is 18.5 Å². The van der Waals surface area contributed by atoms with Gasteiger partial charge in [-0.2, -0.15) is 0 Å². The van der Waals surface area contributed by atoms with Gasteiger partial charge in [-0.15, -0.1) is 0 Å². The first-order chi connectivity index (χ1) is 15.0. The minimum atomic E-state index is -0.167. The lowest BCUT2D eigenvalue weighted by atomic mass is 9.90. The number of piperidine rings is 1. The number of aromatic nitrogens is 1. The maximum atomic E-state index is 12.9. The first kappa shape index (κ1) is 19.8. The number of furan rings is 1. The maximum absolute atomic E-state index is 12.9. The van der Waals surface area contributed by atoms with Gasteiger partial charge in [0.2, 0.25) is 0 Å². The van der Waals surface area contributed by atoms with E-state index in [1.165, 1.54) is 6.20 Å². The summed E-state index contributed by atoms with van der Waals surface area (Å²) < 4.78 is 10.9. The molecule has 162 valence electrons. The van der Waals surface area contributed by atoms with Crippen LogP contribution in [0.5, 0.6) is 0 Å². The van der Waals surface area contributed by atoms with Crippen molar-refractivity contribution in [2.24, 2.45) is 11.3 Å². The molecule has 31 heavy (non-hydrogen) atoms. The number of rotatable bonds is 5. The number of likely N-dealkylation sites (tertiary alicyclic amines) is 1. The van der Waals surface area contributed by atoms with E-state index >= 15 is 0 Å². The van der Waals surface area contributed by atoms with Crippen LogP contribution in [0.3, 0.4) is 0 Å². The number of hydrogen-bond acceptors (Lipinski definition) is 5. The van der Waals surface area contributed by atoms with Crippen molar-refractivity contribution in [3.63, 3.8) is 0 Å². The molecule has 1 atom stereocenters. The van der Waals surface area contributed by atoms with Gasteiger partial charge in [-0.25, -0.2) is 0 Å². The fourth-order valence-corrected chi connectivity index (χ4v) is 4.88. The van der Waals surface area contributed by atoms with E-state index in [4.69, 9.17) is 8.94 Å². The Morgan fingerprint density at radius 1 is 1.26 bits per heavy atom. The van der Waals surface area contributed by atoms with E-state index in [2.05, 4.69) is 10.5 Å². The number of benzene rings is 1. The van der Waals surface area contributed by atoms with Gasteiger partial charge in [-0.1, -0.05) is 37.2 Å². The number of para-hydroxylation sites is 1. The zero-order chi connectivity index (χ0) is 21.6. The number of nitrogens with zero attached hydrogens (tertiary/aromatic N) is 2. The Labute approximate surface area is 180 Å². The highest BCUT2D eigenvalue weighted by Gasteiger charge is 2.55. The third kappa shape index (κ3) is 3.62. The SMILES string of the molecule is CC(C)c1oncc1C(=O)N1CCC2(CC1)CC2CNC(=O)c1cc2ccccc2o1. The van der Waals surface area contributed by atoms with E-state index in [-0.39, 0.29) is 23.1 Å². The molecule has 2 fully saturated rings. The molecule has 1 unspecified atom stereocenters. The van der Waals surface area contributed by atoms with Gasteiger partial charge >= 0.3 is 0 Å². The molecule has 1 N–H and O–H groups in total. The molecule has 7 nitrogen and oxygen atoms in total. The average Bonchev–Trinajstić information content (AvgIpc) is 3.16. The lowest BCUT2D eigenvalue weighted by Crippen LogP contribution is -2.40. The molecule has 2 aliphatic rings. The Hall–Kier alpha value is -3.09. The number of nitrogens with one attached hydrogen (secondary N) is 1. The van der Waals surface area contributed by atoms with Gasteiger partial charge in [-0.3, -0.25) is 9.59 Å². The van der Waals surface area contributed by atoms with E-state index in [9.17, 15) is 9.59 Å². The summed E-state index contributed by atoms with van der Waals surface area (Å²) in [6.45, 7) is 6.10. The second-order valence-corrected chi connectivity index (χ2v) is 9.17. The monoisotopic (exact) mass is 421 g/mol. The normalized spacial score (nSPS) is 19.8. The first-order valence-corrected chi connectivity index (χ1v) is 11.0. The summed E-state index contributed by atoms with van der Waals surface area (Å²) >= 11 is 0. The summed E-state index contributed by atoms with van der Waals surface area (Å²) in [6.07, 6.45) is 4.56. The molecule has 7 heteroatoms. The predicted molar refractivity (Wildman–Crippen MR) is 115 cm³/mol. The molecule has 1 aromatic carbocycles. The topological polar surface area (TPSA) is 88.6 Å². The summed E-state index contributed by atoms with van der Waals surface area (Å²) in [7, 11) is 0. The highest BCUT2D eigenvalue weighted by atomic mass is 16.5. The lowest BCUT2D eigenvalue weighted by molar-refractivity contribution is 0.0666. The first-order valence-electron chi connectivity index (χ1n) is 11.0. The van der Waals surface area contributed by atoms with Crippen LogP contribution in [0.1, 0.15) is 65.7 Å². The van der Waals surface area contributed by atoms with Crippen LogP contribution in [0.4, 0.5) is 0 Å². The summed E-state index contributed by atoms with van der Waals surface area (Å²) in [5.41, 5.74) is 1.55. The van der Waals surface area contributed by atoms with Gasteiger partial charge in [-0.05, 0) is 42.7 Å².